The van der Waals surface area contributed by atoms with Gasteiger partial charge in [-0.25, -0.2) is 0 Å². The number of benzene rings is 1. The molecule has 0 fully saturated rings. The fourth-order valence-corrected chi connectivity index (χ4v) is 1.28. The molecule has 0 bridgehead atoms. The maximum absolute atomic E-state index is 11.9. The summed E-state index contributed by atoms with van der Waals surface area (Å²) in [5, 5.41) is 13.8. The first-order valence-electron chi connectivity index (χ1n) is 5.92. The van der Waals surface area contributed by atoms with Crippen LogP contribution in [0.25, 0.3) is 0 Å². The number of carbonyl (C=O) groups excluding carboxylic acids is 2. The van der Waals surface area contributed by atoms with Gasteiger partial charge in [0, 0.05) is 5.41 Å². The number of rotatable bonds is 3. The second kappa shape index (κ2) is 6.01. The molecule has 0 saturated carbocycles. The normalized spacial score (nSPS) is 10.4. The van der Waals surface area contributed by atoms with Crippen LogP contribution in [0.4, 0.5) is 11.4 Å². The zero-order valence-corrected chi connectivity index (χ0v) is 11.3. The minimum atomic E-state index is -0.524. The summed E-state index contributed by atoms with van der Waals surface area (Å²) in [7, 11) is 0. The van der Waals surface area contributed by atoms with Crippen molar-refractivity contribution in [1.29, 1.82) is 5.26 Å². The quantitative estimate of drug-likeness (QED) is 0.875. The highest BCUT2D eigenvalue weighted by atomic mass is 16.2. The third-order valence-electron chi connectivity index (χ3n) is 2.37. The molecule has 1 rings (SSSR count). The van der Waals surface area contributed by atoms with Crippen LogP contribution in [0.1, 0.15) is 27.2 Å². The van der Waals surface area contributed by atoms with Crippen molar-refractivity contribution in [3.8, 4) is 6.07 Å². The van der Waals surface area contributed by atoms with Gasteiger partial charge in [0.2, 0.25) is 11.8 Å². The standard InChI is InChI=1S/C14H17N3O2/c1-14(2,3)13(19)17-11-7-5-4-6-10(11)16-12(18)8-9-15/h4-7H,8H2,1-3H3,(H,16,18)(H,17,19). The largest absolute Gasteiger partial charge is 0.324 e. The van der Waals surface area contributed by atoms with E-state index in [1.165, 1.54) is 0 Å². The van der Waals surface area contributed by atoms with Crippen molar-refractivity contribution in [2.75, 3.05) is 10.6 Å². The van der Waals surface area contributed by atoms with Crippen LogP contribution in [0.2, 0.25) is 0 Å². The molecular formula is C14H17N3O2. The van der Waals surface area contributed by atoms with E-state index in [2.05, 4.69) is 10.6 Å². The van der Waals surface area contributed by atoms with Gasteiger partial charge in [0.05, 0.1) is 17.4 Å². The van der Waals surface area contributed by atoms with Gasteiger partial charge >= 0.3 is 0 Å². The Balaban J connectivity index is 2.88. The van der Waals surface area contributed by atoms with Crippen LogP contribution in [0.15, 0.2) is 24.3 Å². The van der Waals surface area contributed by atoms with Gasteiger partial charge in [0.25, 0.3) is 0 Å². The Bertz CT molecular complexity index is 524. The summed E-state index contributed by atoms with van der Waals surface area (Å²) in [5.74, 6) is -0.547. The Morgan fingerprint density at radius 3 is 2.16 bits per heavy atom. The van der Waals surface area contributed by atoms with Crippen molar-refractivity contribution in [1.82, 2.24) is 0 Å². The molecule has 0 aliphatic heterocycles. The molecule has 5 nitrogen and oxygen atoms in total. The van der Waals surface area contributed by atoms with E-state index in [9.17, 15) is 9.59 Å². The van der Waals surface area contributed by atoms with Gasteiger partial charge in [-0.3, -0.25) is 9.59 Å². The molecule has 1 aromatic carbocycles. The number of carbonyl (C=O) groups is 2. The van der Waals surface area contributed by atoms with Crippen LogP contribution >= 0.6 is 0 Å². The van der Waals surface area contributed by atoms with Crippen LogP contribution < -0.4 is 10.6 Å². The Hall–Kier alpha value is -2.35. The van der Waals surface area contributed by atoms with E-state index in [-0.39, 0.29) is 12.3 Å². The third kappa shape index (κ3) is 4.43. The average Bonchev–Trinajstić information content (AvgIpc) is 2.30. The molecule has 1 aromatic rings. The van der Waals surface area contributed by atoms with Gasteiger partial charge in [-0.2, -0.15) is 5.26 Å². The zero-order chi connectivity index (χ0) is 14.5. The molecule has 19 heavy (non-hydrogen) atoms. The summed E-state index contributed by atoms with van der Waals surface area (Å²) >= 11 is 0. The number of nitrogens with one attached hydrogen (secondary N) is 2. The van der Waals surface area contributed by atoms with Crippen molar-refractivity contribution in [3.63, 3.8) is 0 Å². The highest BCUT2D eigenvalue weighted by Gasteiger charge is 2.22. The molecule has 5 heteroatoms. The number of nitrogens with zero attached hydrogens (tertiary/aromatic N) is 1. The number of para-hydroxylation sites is 2. The molecule has 0 radical (unpaired) electrons. The van der Waals surface area contributed by atoms with E-state index in [4.69, 9.17) is 5.26 Å². The molecule has 0 aliphatic carbocycles. The Morgan fingerprint density at radius 1 is 1.16 bits per heavy atom. The van der Waals surface area contributed by atoms with E-state index in [1.807, 2.05) is 0 Å². The monoisotopic (exact) mass is 259 g/mol. The molecule has 2 N–H and O–H groups in total. The predicted molar refractivity (Wildman–Crippen MR) is 73.4 cm³/mol. The van der Waals surface area contributed by atoms with Crippen molar-refractivity contribution < 1.29 is 9.59 Å². The van der Waals surface area contributed by atoms with Gasteiger partial charge in [-0.15, -0.1) is 0 Å². The lowest BCUT2D eigenvalue weighted by Gasteiger charge is -2.19. The maximum atomic E-state index is 11.9. The third-order valence-corrected chi connectivity index (χ3v) is 2.37. The van der Waals surface area contributed by atoms with E-state index < -0.39 is 11.3 Å². The number of amides is 2. The first kappa shape index (κ1) is 14.7. The lowest BCUT2D eigenvalue weighted by Crippen LogP contribution is -2.28. The molecule has 0 atom stereocenters. The summed E-state index contributed by atoms with van der Waals surface area (Å²) in [6.45, 7) is 5.41. The van der Waals surface area contributed by atoms with Gasteiger partial charge in [0.1, 0.15) is 6.42 Å². The van der Waals surface area contributed by atoms with Crippen LogP contribution in [0, 0.1) is 16.7 Å². The summed E-state index contributed by atoms with van der Waals surface area (Å²) in [6, 6.07) is 8.65. The molecule has 0 aliphatic rings. The molecule has 0 spiro atoms. The summed E-state index contributed by atoms with van der Waals surface area (Å²) in [4.78, 5) is 23.3. The minimum Gasteiger partial charge on any atom is -0.324 e. The predicted octanol–water partition coefficient (Wildman–Crippen LogP) is 2.52. The van der Waals surface area contributed by atoms with Gasteiger partial charge in [-0.1, -0.05) is 32.9 Å². The SMILES string of the molecule is CC(C)(C)C(=O)Nc1ccccc1NC(=O)CC#N. The van der Waals surface area contributed by atoms with Crippen LogP contribution in [0.3, 0.4) is 0 Å². The highest BCUT2D eigenvalue weighted by Crippen LogP contribution is 2.24. The van der Waals surface area contributed by atoms with Crippen molar-refractivity contribution in [3.05, 3.63) is 24.3 Å². The van der Waals surface area contributed by atoms with Gasteiger partial charge in [-0.05, 0) is 12.1 Å². The number of hydrogen-bond acceptors (Lipinski definition) is 3. The summed E-state index contributed by atoms with van der Waals surface area (Å²) in [5.41, 5.74) is 0.484. The van der Waals surface area contributed by atoms with E-state index in [0.29, 0.717) is 11.4 Å². The number of anilines is 2. The van der Waals surface area contributed by atoms with Crippen LogP contribution in [-0.2, 0) is 9.59 Å². The van der Waals surface area contributed by atoms with Crippen molar-refractivity contribution in [2.45, 2.75) is 27.2 Å². The number of nitriles is 1. The smallest absolute Gasteiger partial charge is 0.238 e. The second-order valence-corrected chi connectivity index (χ2v) is 5.13. The first-order valence-corrected chi connectivity index (χ1v) is 5.92. The van der Waals surface area contributed by atoms with E-state index in [0.717, 1.165) is 0 Å². The first-order chi connectivity index (χ1) is 8.84. The molecule has 0 unspecified atom stereocenters. The van der Waals surface area contributed by atoms with Crippen LogP contribution in [-0.4, -0.2) is 11.8 Å². The van der Waals surface area contributed by atoms with Crippen LogP contribution in [0.5, 0.6) is 0 Å². The Kier molecular flexibility index (Phi) is 4.65. The van der Waals surface area contributed by atoms with Crippen molar-refractivity contribution in [2.24, 2.45) is 5.41 Å². The lowest BCUT2D eigenvalue weighted by atomic mass is 9.95. The van der Waals surface area contributed by atoms with E-state index >= 15 is 0 Å². The average molecular weight is 259 g/mol. The van der Waals surface area contributed by atoms with Crippen molar-refractivity contribution >= 4 is 23.2 Å². The topological polar surface area (TPSA) is 82.0 Å². The fraction of sp³-hybridized carbons (Fsp3) is 0.357. The highest BCUT2D eigenvalue weighted by molar-refractivity contribution is 6.01. The molecule has 0 heterocycles. The van der Waals surface area contributed by atoms with Gasteiger partial charge < -0.3 is 10.6 Å². The maximum Gasteiger partial charge on any atom is 0.238 e. The molecule has 100 valence electrons. The lowest BCUT2D eigenvalue weighted by molar-refractivity contribution is -0.123. The fourth-order valence-electron chi connectivity index (χ4n) is 1.28. The number of hydrogen-bond donors (Lipinski definition) is 2. The molecule has 0 saturated heterocycles. The minimum absolute atomic E-state index is 0.144. The summed E-state index contributed by atoms with van der Waals surface area (Å²) < 4.78 is 0. The summed E-state index contributed by atoms with van der Waals surface area (Å²) in [6.07, 6.45) is -0.221. The van der Waals surface area contributed by atoms with E-state index in [1.54, 1.807) is 51.1 Å². The molecular weight excluding hydrogens is 242 g/mol. The molecule has 0 aromatic heterocycles. The Morgan fingerprint density at radius 2 is 1.68 bits per heavy atom. The van der Waals surface area contributed by atoms with Gasteiger partial charge in [0.15, 0.2) is 0 Å². The molecule has 2 amide bonds. The zero-order valence-electron chi connectivity index (χ0n) is 11.3. The second-order valence-electron chi connectivity index (χ2n) is 5.13. The Labute approximate surface area is 112 Å².